The molecule has 0 bridgehead atoms. The number of urea groups is 1. The normalized spacial score (nSPS) is 18.9. The SMILES string of the molecule is Cc1cc(C2CCCN2C(=O)NC(C)c2ccccc2C)on1. The number of nitrogens with zero attached hydrogens (tertiary/aromatic N) is 2. The van der Waals surface area contributed by atoms with Crippen LogP contribution in [0.2, 0.25) is 0 Å². The molecule has 2 heterocycles. The minimum absolute atomic E-state index is 0.0136. The second kappa shape index (κ2) is 6.44. The predicted octanol–water partition coefficient (Wildman–Crippen LogP) is 3.90. The van der Waals surface area contributed by atoms with E-state index in [1.807, 2.05) is 36.9 Å². The summed E-state index contributed by atoms with van der Waals surface area (Å²) in [7, 11) is 0. The first kappa shape index (κ1) is 15.6. The first-order valence-corrected chi connectivity index (χ1v) is 8.12. The molecule has 23 heavy (non-hydrogen) atoms. The van der Waals surface area contributed by atoms with E-state index >= 15 is 0 Å². The number of hydrogen-bond donors (Lipinski definition) is 1. The molecular formula is C18H23N3O2. The lowest BCUT2D eigenvalue weighted by molar-refractivity contribution is 0.179. The van der Waals surface area contributed by atoms with Crippen molar-refractivity contribution in [2.45, 2.75) is 45.7 Å². The standard InChI is InChI=1S/C18H23N3O2/c1-12-7-4-5-8-15(12)14(3)19-18(22)21-10-6-9-16(21)17-11-13(2)20-23-17/h4-5,7-8,11,14,16H,6,9-10H2,1-3H3,(H,19,22). The van der Waals surface area contributed by atoms with Crippen LogP contribution in [0.5, 0.6) is 0 Å². The molecule has 2 aromatic rings. The Bertz CT molecular complexity index is 695. The molecule has 1 fully saturated rings. The summed E-state index contributed by atoms with van der Waals surface area (Å²) < 4.78 is 5.37. The van der Waals surface area contributed by atoms with E-state index in [0.29, 0.717) is 0 Å². The zero-order valence-corrected chi connectivity index (χ0v) is 13.9. The Hall–Kier alpha value is -2.30. The number of rotatable bonds is 3. The topological polar surface area (TPSA) is 58.4 Å². The summed E-state index contributed by atoms with van der Waals surface area (Å²) in [6, 6.07) is 9.96. The van der Waals surface area contributed by atoms with Gasteiger partial charge in [-0.2, -0.15) is 0 Å². The fourth-order valence-electron chi connectivity index (χ4n) is 3.26. The molecule has 0 aliphatic carbocycles. The molecule has 5 heteroatoms. The Labute approximate surface area is 136 Å². The van der Waals surface area contributed by atoms with E-state index in [1.165, 1.54) is 5.56 Å². The highest BCUT2D eigenvalue weighted by atomic mass is 16.5. The molecule has 5 nitrogen and oxygen atoms in total. The number of benzene rings is 1. The molecule has 1 aromatic carbocycles. The fraction of sp³-hybridized carbons (Fsp3) is 0.444. The number of likely N-dealkylation sites (tertiary alicyclic amines) is 1. The van der Waals surface area contributed by atoms with Gasteiger partial charge in [0.25, 0.3) is 0 Å². The number of carbonyl (C=O) groups excluding carboxylic acids is 1. The lowest BCUT2D eigenvalue weighted by Gasteiger charge is -2.26. The number of hydrogen-bond acceptors (Lipinski definition) is 3. The van der Waals surface area contributed by atoms with Gasteiger partial charge in [-0.25, -0.2) is 4.79 Å². The highest BCUT2D eigenvalue weighted by molar-refractivity contribution is 5.75. The van der Waals surface area contributed by atoms with Gasteiger partial charge in [-0.1, -0.05) is 29.4 Å². The Morgan fingerprint density at radius 1 is 1.39 bits per heavy atom. The third-order valence-corrected chi connectivity index (χ3v) is 4.48. The van der Waals surface area contributed by atoms with Crippen molar-refractivity contribution in [2.75, 3.05) is 6.54 Å². The van der Waals surface area contributed by atoms with Gasteiger partial charge in [0, 0.05) is 12.6 Å². The van der Waals surface area contributed by atoms with Crippen molar-refractivity contribution < 1.29 is 9.32 Å². The summed E-state index contributed by atoms with van der Waals surface area (Å²) in [6.07, 6.45) is 1.90. The van der Waals surface area contributed by atoms with Gasteiger partial charge in [0.05, 0.1) is 17.8 Å². The third kappa shape index (κ3) is 3.23. The molecule has 1 saturated heterocycles. The molecular weight excluding hydrogens is 290 g/mol. The highest BCUT2D eigenvalue weighted by Gasteiger charge is 2.33. The molecule has 3 rings (SSSR count). The van der Waals surface area contributed by atoms with Crippen LogP contribution < -0.4 is 5.32 Å². The Morgan fingerprint density at radius 3 is 2.87 bits per heavy atom. The van der Waals surface area contributed by atoms with Crippen molar-refractivity contribution in [2.24, 2.45) is 0 Å². The number of carbonyl (C=O) groups is 1. The van der Waals surface area contributed by atoms with Crippen molar-refractivity contribution in [3.05, 3.63) is 52.9 Å². The third-order valence-electron chi connectivity index (χ3n) is 4.48. The zero-order valence-electron chi connectivity index (χ0n) is 13.9. The van der Waals surface area contributed by atoms with Crippen LogP contribution >= 0.6 is 0 Å². The van der Waals surface area contributed by atoms with Gasteiger partial charge < -0.3 is 14.7 Å². The largest absolute Gasteiger partial charge is 0.359 e. The molecule has 0 saturated carbocycles. The first-order valence-electron chi connectivity index (χ1n) is 8.12. The molecule has 122 valence electrons. The molecule has 1 aliphatic rings. The van der Waals surface area contributed by atoms with Crippen LogP contribution in [0.1, 0.15) is 54.4 Å². The van der Waals surface area contributed by atoms with Crippen LogP contribution in [-0.4, -0.2) is 22.6 Å². The zero-order chi connectivity index (χ0) is 16.4. The lowest BCUT2D eigenvalue weighted by Crippen LogP contribution is -2.40. The van der Waals surface area contributed by atoms with E-state index in [2.05, 4.69) is 29.5 Å². The predicted molar refractivity (Wildman–Crippen MR) is 88.0 cm³/mol. The summed E-state index contributed by atoms with van der Waals surface area (Å²) in [5.41, 5.74) is 3.18. The number of amides is 2. The average molecular weight is 313 g/mol. The quantitative estimate of drug-likeness (QED) is 0.935. The van der Waals surface area contributed by atoms with Crippen LogP contribution in [0.15, 0.2) is 34.9 Å². The first-order chi connectivity index (χ1) is 11.1. The Morgan fingerprint density at radius 2 is 2.17 bits per heavy atom. The summed E-state index contributed by atoms with van der Waals surface area (Å²) in [5.74, 6) is 0.777. The lowest BCUT2D eigenvalue weighted by atomic mass is 10.0. The Kier molecular flexibility index (Phi) is 4.37. The van der Waals surface area contributed by atoms with E-state index in [0.717, 1.165) is 36.4 Å². The van der Waals surface area contributed by atoms with Gasteiger partial charge in [0.1, 0.15) is 0 Å². The van der Waals surface area contributed by atoms with Crippen molar-refractivity contribution in [3.63, 3.8) is 0 Å². The highest BCUT2D eigenvalue weighted by Crippen LogP contribution is 2.32. The second-order valence-corrected chi connectivity index (χ2v) is 6.25. The summed E-state index contributed by atoms with van der Waals surface area (Å²) in [6.45, 7) is 6.72. The van der Waals surface area contributed by atoms with E-state index < -0.39 is 0 Å². The van der Waals surface area contributed by atoms with Crippen LogP contribution in [0.25, 0.3) is 0 Å². The van der Waals surface area contributed by atoms with Gasteiger partial charge in [0.2, 0.25) is 0 Å². The molecule has 0 radical (unpaired) electrons. The summed E-state index contributed by atoms with van der Waals surface area (Å²) in [5, 5.41) is 7.05. The maximum Gasteiger partial charge on any atom is 0.318 e. The van der Waals surface area contributed by atoms with Gasteiger partial charge in [-0.15, -0.1) is 0 Å². The van der Waals surface area contributed by atoms with Crippen molar-refractivity contribution in [3.8, 4) is 0 Å². The van der Waals surface area contributed by atoms with Crippen LogP contribution in [-0.2, 0) is 0 Å². The van der Waals surface area contributed by atoms with Gasteiger partial charge >= 0.3 is 6.03 Å². The van der Waals surface area contributed by atoms with Gasteiger partial charge in [-0.3, -0.25) is 0 Å². The molecule has 1 aromatic heterocycles. The molecule has 2 unspecified atom stereocenters. The van der Waals surface area contributed by atoms with Crippen molar-refractivity contribution in [1.82, 2.24) is 15.4 Å². The average Bonchev–Trinajstić information content (AvgIpc) is 3.15. The van der Waals surface area contributed by atoms with Crippen molar-refractivity contribution in [1.29, 1.82) is 0 Å². The molecule has 0 spiro atoms. The summed E-state index contributed by atoms with van der Waals surface area (Å²) >= 11 is 0. The number of aryl methyl sites for hydroxylation is 2. The second-order valence-electron chi connectivity index (χ2n) is 6.25. The van der Waals surface area contributed by atoms with E-state index in [1.54, 1.807) is 0 Å². The van der Waals surface area contributed by atoms with Crippen LogP contribution in [0.4, 0.5) is 4.79 Å². The maximum absolute atomic E-state index is 12.7. The van der Waals surface area contributed by atoms with Gasteiger partial charge in [-0.05, 0) is 44.7 Å². The molecule has 2 atom stereocenters. The number of nitrogens with one attached hydrogen (secondary N) is 1. The fourth-order valence-corrected chi connectivity index (χ4v) is 3.26. The minimum Gasteiger partial charge on any atom is -0.359 e. The number of aromatic nitrogens is 1. The van der Waals surface area contributed by atoms with E-state index in [4.69, 9.17) is 4.52 Å². The summed E-state index contributed by atoms with van der Waals surface area (Å²) in [4.78, 5) is 14.5. The van der Waals surface area contributed by atoms with Crippen LogP contribution in [0, 0.1) is 13.8 Å². The minimum atomic E-state index is -0.0442. The smallest absolute Gasteiger partial charge is 0.318 e. The van der Waals surface area contributed by atoms with Crippen LogP contribution in [0.3, 0.4) is 0 Å². The van der Waals surface area contributed by atoms with E-state index in [-0.39, 0.29) is 18.1 Å². The Balaban J connectivity index is 1.71. The molecule has 2 amide bonds. The van der Waals surface area contributed by atoms with Crippen molar-refractivity contribution >= 4 is 6.03 Å². The monoisotopic (exact) mass is 313 g/mol. The molecule has 1 N–H and O–H groups in total. The maximum atomic E-state index is 12.7. The van der Waals surface area contributed by atoms with E-state index in [9.17, 15) is 4.79 Å². The molecule has 1 aliphatic heterocycles. The van der Waals surface area contributed by atoms with Gasteiger partial charge in [0.15, 0.2) is 5.76 Å².